The van der Waals surface area contributed by atoms with E-state index in [4.69, 9.17) is 21.7 Å². The van der Waals surface area contributed by atoms with Gasteiger partial charge in [-0.3, -0.25) is 19.2 Å². The molecule has 0 unspecified atom stereocenters. The van der Waals surface area contributed by atoms with Gasteiger partial charge in [-0.25, -0.2) is 0 Å². The molecule has 0 aromatic rings. The molecule has 12 heteroatoms. The van der Waals surface area contributed by atoms with E-state index in [0.29, 0.717) is 0 Å². The molecule has 0 aromatic carbocycles. The van der Waals surface area contributed by atoms with Gasteiger partial charge < -0.3 is 34.0 Å². The second-order valence-corrected chi connectivity index (χ2v) is 3.81. The number of carbonyl (C=O) groups excluding carboxylic acids is 2. The summed E-state index contributed by atoms with van der Waals surface area (Å²) in [4.78, 5) is 43.0. The summed E-state index contributed by atoms with van der Waals surface area (Å²) < 4.78 is 4.34. The third kappa shape index (κ3) is 14.4. The number of nitrogens with two attached hydrogens (primary N) is 2. The summed E-state index contributed by atoms with van der Waals surface area (Å²) >= 11 is 0. The predicted octanol–water partition coefficient (Wildman–Crippen LogP) is -5.20. The van der Waals surface area contributed by atoms with E-state index in [9.17, 15) is 19.2 Å². The summed E-state index contributed by atoms with van der Waals surface area (Å²) in [6, 6.07) is -2.41. The molecule has 0 bridgehead atoms. The van der Waals surface area contributed by atoms with Crippen molar-refractivity contribution >= 4 is 40.9 Å². The molecule has 126 valence electrons. The molecule has 0 saturated heterocycles. The Morgan fingerprint density at radius 2 is 1.18 bits per heavy atom. The average molecular weight is 398 g/mol. The fourth-order valence-electron chi connectivity index (χ4n) is 1.02. The van der Waals surface area contributed by atoms with E-state index < -0.39 is 36.0 Å². The molecule has 0 spiro atoms. The maximum atomic E-state index is 11.1. The average Bonchev–Trinajstić information content (AvgIpc) is 2.32. The molecule has 22 heavy (non-hydrogen) atoms. The minimum absolute atomic E-state index is 0. The quantitative estimate of drug-likeness (QED) is 0.149. The van der Waals surface area contributed by atoms with Crippen LogP contribution in [0.2, 0.25) is 0 Å². The molecule has 2 atom stereocenters. The van der Waals surface area contributed by atoms with Crippen molar-refractivity contribution in [3.63, 3.8) is 0 Å². The van der Waals surface area contributed by atoms with E-state index in [0.717, 1.165) is 0 Å². The van der Waals surface area contributed by atoms with Crippen LogP contribution in [0.5, 0.6) is 0 Å². The van der Waals surface area contributed by atoms with Crippen molar-refractivity contribution in [2.45, 2.75) is 37.8 Å². The zero-order chi connectivity index (χ0) is 15.0. The van der Waals surface area contributed by atoms with E-state index in [-0.39, 0.29) is 79.9 Å². The van der Waals surface area contributed by atoms with Gasteiger partial charge in [-0.2, -0.15) is 0 Å². The third-order valence-electron chi connectivity index (χ3n) is 2.18. The summed E-state index contributed by atoms with van der Waals surface area (Å²) in [6.45, 7) is 0. The van der Waals surface area contributed by atoms with Crippen LogP contribution in [-0.4, -0.2) is 63.2 Å². The molecule has 0 fully saturated rings. The van der Waals surface area contributed by atoms with Crippen molar-refractivity contribution in [1.29, 1.82) is 0 Å². The number of carboxylic acids is 2. The predicted molar refractivity (Wildman–Crippen MR) is 75.5 cm³/mol. The molecule has 0 aliphatic heterocycles. The molecule has 0 rings (SSSR count). The summed E-state index contributed by atoms with van der Waals surface area (Å²) in [6.07, 6.45) is -0.944. The van der Waals surface area contributed by atoms with Crippen molar-refractivity contribution < 1.29 is 65.1 Å². The Balaban J connectivity index is -0.000000270. The number of hydrogen-bond acceptors (Lipinski definition) is 8. The van der Waals surface area contributed by atoms with Gasteiger partial charge in [0.25, 0.3) is 0 Å². The Morgan fingerprint density at radius 1 is 0.909 bits per heavy atom. The van der Waals surface area contributed by atoms with E-state index in [1.54, 1.807) is 0 Å². The monoisotopic (exact) mass is 399 g/mol. The second-order valence-electron chi connectivity index (χ2n) is 3.81. The van der Waals surface area contributed by atoms with Gasteiger partial charge in [-0.1, -0.05) is 0 Å². The van der Waals surface area contributed by atoms with E-state index in [2.05, 4.69) is 4.74 Å². The SMILES string of the molecule is N.N[C@@H](CCC(=O)OC(=O)CC[C@H](N)C(=O)O)C(=O)O.[H-].[Na+].[SeH2]. The van der Waals surface area contributed by atoms with Crippen molar-refractivity contribution in [3.8, 4) is 0 Å². The van der Waals surface area contributed by atoms with Crippen LogP contribution in [0, 0.1) is 0 Å². The number of rotatable bonds is 8. The molecule has 0 aliphatic rings. The van der Waals surface area contributed by atoms with Gasteiger partial charge >= 0.3 is 70.5 Å². The van der Waals surface area contributed by atoms with E-state index >= 15 is 0 Å². The molecule has 10 nitrogen and oxygen atoms in total. The summed E-state index contributed by atoms with van der Waals surface area (Å²) in [5.41, 5.74) is 10.3. The number of ether oxygens (including phenoxy) is 1. The molecule has 0 radical (unpaired) electrons. The molecule has 0 amide bonds. The van der Waals surface area contributed by atoms with Crippen molar-refractivity contribution in [3.05, 3.63) is 0 Å². The van der Waals surface area contributed by atoms with E-state index in [1.165, 1.54) is 0 Å². The van der Waals surface area contributed by atoms with Crippen LogP contribution in [0.3, 0.4) is 0 Å². The fourth-order valence-corrected chi connectivity index (χ4v) is 1.02. The Labute approximate surface area is 161 Å². The van der Waals surface area contributed by atoms with Crippen LogP contribution in [0.4, 0.5) is 0 Å². The first-order chi connectivity index (χ1) is 8.73. The first kappa shape index (κ1) is 29.5. The van der Waals surface area contributed by atoms with Crippen LogP contribution < -0.4 is 47.2 Å². The van der Waals surface area contributed by atoms with Crippen LogP contribution in [0.15, 0.2) is 0 Å². The van der Waals surface area contributed by atoms with Crippen molar-refractivity contribution in [1.82, 2.24) is 6.15 Å². The van der Waals surface area contributed by atoms with Crippen molar-refractivity contribution in [2.75, 3.05) is 0 Å². The normalized spacial score (nSPS) is 11.5. The van der Waals surface area contributed by atoms with E-state index in [1.807, 2.05) is 0 Å². The topological polar surface area (TPSA) is 205 Å². The van der Waals surface area contributed by atoms with Crippen LogP contribution in [-0.2, 0) is 23.9 Å². The minimum atomic E-state index is -1.26. The Kier molecular flexibility index (Phi) is 20.6. The maximum absolute atomic E-state index is 11.1. The van der Waals surface area contributed by atoms with Crippen LogP contribution in [0.1, 0.15) is 27.1 Å². The van der Waals surface area contributed by atoms with Gasteiger partial charge in [-0.05, 0) is 12.8 Å². The number of esters is 2. The summed E-state index contributed by atoms with van der Waals surface area (Å²) in [5.74, 6) is -4.34. The molecule has 0 heterocycles. The van der Waals surface area contributed by atoms with Gasteiger partial charge in [-0.15, -0.1) is 0 Å². The number of hydrogen-bond donors (Lipinski definition) is 5. The summed E-state index contributed by atoms with van der Waals surface area (Å²) in [5, 5.41) is 16.9. The van der Waals surface area contributed by atoms with Gasteiger partial charge in [0, 0.05) is 12.8 Å². The number of carboxylic acid groups (broad SMARTS) is 2. The van der Waals surface area contributed by atoms with Gasteiger partial charge in [0.15, 0.2) is 0 Å². The van der Waals surface area contributed by atoms with Gasteiger partial charge in [0.2, 0.25) is 0 Å². The molecular formula is C10H22N3NaO7Se. The number of carbonyl (C=O) groups is 4. The molecular weight excluding hydrogens is 376 g/mol. The molecule has 0 saturated carbocycles. The third-order valence-corrected chi connectivity index (χ3v) is 2.18. The zero-order valence-electron chi connectivity index (χ0n) is 13.3. The zero-order valence-corrected chi connectivity index (χ0v) is 16.4. The van der Waals surface area contributed by atoms with Gasteiger partial charge in [0.1, 0.15) is 12.1 Å². The molecule has 9 N–H and O–H groups in total. The standard InChI is InChI=1S/C10H16N2O7.H3N.Na.H2Se.H/c11-5(9(15)16)1-3-7(13)19-8(14)4-2-6(12)10(17)18;;;;/h5-6H,1-4,11-12H2,(H,15,16)(H,17,18);1H3;;1H2;/q;;+1;;-1/t5-,6-;;;;/m0..../s1. The van der Waals surface area contributed by atoms with Gasteiger partial charge in [0.05, 0.1) is 0 Å². The molecule has 0 aromatic heterocycles. The Morgan fingerprint density at radius 3 is 1.41 bits per heavy atom. The number of aliphatic carboxylic acids is 2. The Hall–Kier alpha value is -0.521. The molecule has 0 aliphatic carbocycles. The summed E-state index contributed by atoms with van der Waals surface area (Å²) in [7, 11) is 0. The Bertz CT molecular complexity index is 355. The first-order valence-corrected chi connectivity index (χ1v) is 5.44. The van der Waals surface area contributed by atoms with Crippen LogP contribution in [0.25, 0.3) is 0 Å². The van der Waals surface area contributed by atoms with Crippen LogP contribution >= 0.6 is 0 Å². The first-order valence-electron chi connectivity index (χ1n) is 5.44. The second kappa shape index (κ2) is 15.4. The van der Waals surface area contributed by atoms with Crippen molar-refractivity contribution in [2.24, 2.45) is 11.5 Å². The fraction of sp³-hybridized carbons (Fsp3) is 0.600.